The highest BCUT2D eigenvalue weighted by Gasteiger charge is 2.11. The Morgan fingerprint density at radius 1 is 1.42 bits per heavy atom. The Morgan fingerprint density at radius 3 is 2.68 bits per heavy atom. The molecule has 0 radical (unpaired) electrons. The number of methoxy groups -OCH3 is 1. The molecule has 2 amide bonds. The van der Waals surface area contributed by atoms with Crippen molar-refractivity contribution in [2.45, 2.75) is 13.0 Å². The number of phenols is 1. The van der Waals surface area contributed by atoms with Crippen LogP contribution in [0, 0.1) is 0 Å². The third-order valence-electron chi connectivity index (χ3n) is 2.44. The topological polar surface area (TPSA) is 108 Å². The third-order valence-corrected chi connectivity index (χ3v) is 2.44. The molecule has 104 valence electrons. The van der Waals surface area contributed by atoms with Gasteiger partial charge in [0.25, 0.3) is 0 Å². The first kappa shape index (κ1) is 14.8. The largest absolute Gasteiger partial charge is 0.507 e. The molecule has 0 bridgehead atoms. The zero-order valence-electron chi connectivity index (χ0n) is 10.6. The molecule has 0 heterocycles. The summed E-state index contributed by atoms with van der Waals surface area (Å²) in [5, 5.41) is 23.2. The Balaban J connectivity index is 2.64. The Bertz CT molecular complexity index is 475. The molecule has 0 aliphatic rings. The standard InChI is InChI=1S/C12H16N2O5/c1-7(19-2)6-13-12(18)14-8-3-4-10(15)9(5-8)11(16)17/h3-5,7,15H,6H2,1-2H3,(H,16,17)(H2,13,14,18). The summed E-state index contributed by atoms with van der Waals surface area (Å²) < 4.78 is 4.96. The lowest BCUT2D eigenvalue weighted by Crippen LogP contribution is -2.34. The number of hydrogen-bond acceptors (Lipinski definition) is 4. The number of urea groups is 1. The highest BCUT2D eigenvalue weighted by Crippen LogP contribution is 2.21. The van der Waals surface area contributed by atoms with Crippen molar-refractivity contribution in [3.63, 3.8) is 0 Å². The number of anilines is 1. The Morgan fingerprint density at radius 2 is 2.11 bits per heavy atom. The number of nitrogens with one attached hydrogen (secondary N) is 2. The lowest BCUT2D eigenvalue weighted by Gasteiger charge is -2.12. The van der Waals surface area contributed by atoms with Crippen molar-refractivity contribution in [2.24, 2.45) is 0 Å². The highest BCUT2D eigenvalue weighted by molar-refractivity contribution is 5.95. The van der Waals surface area contributed by atoms with Gasteiger partial charge in [0.05, 0.1) is 6.10 Å². The normalized spacial score (nSPS) is 11.7. The molecule has 0 aliphatic carbocycles. The molecule has 7 heteroatoms. The molecule has 1 atom stereocenters. The van der Waals surface area contributed by atoms with Gasteiger partial charge in [0, 0.05) is 19.3 Å². The number of carboxylic acids is 1. The van der Waals surface area contributed by atoms with Crippen LogP contribution >= 0.6 is 0 Å². The van der Waals surface area contributed by atoms with E-state index < -0.39 is 12.0 Å². The second-order valence-corrected chi connectivity index (χ2v) is 3.92. The number of benzene rings is 1. The number of carbonyl (C=O) groups excluding carboxylic acids is 1. The highest BCUT2D eigenvalue weighted by atomic mass is 16.5. The number of aromatic hydroxyl groups is 1. The quantitative estimate of drug-likeness (QED) is 0.601. The van der Waals surface area contributed by atoms with Gasteiger partial charge in [0.2, 0.25) is 0 Å². The van der Waals surface area contributed by atoms with E-state index in [-0.39, 0.29) is 23.1 Å². The van der Waals surface area contributed by atoms with E-state index in [2.05, 4.69) is 10.6 Å². The van der Waals surface area contributed by atoms with Gasteiger partial charge in [-0.3, -0.25) is 0 Å². The van der Waals surface area contributed by atoms with Crippen molar-refractivity contribution in [1.29, 1.82) is 0 Å². The zero-order valence-corrected chi connectivity index (χ0v) is 10.6. The van der Waals surface area contributed by atoms with Crippen molar-refractivity contribution < 1.29 is 24.5 Å². The monoisotopic (exact) mass is 268 g/mol. The van der Waals surface area contributed by atoms with Crippen LogP contribution in [0.3, 0.4) is 0 Å². The van der Waals surface area contributed by atoms with Gasteiger partial charge in [-0.1, -0.05) is 0 Å². The number of amides is 2. The minimum Gasteiger partial charge on any atom is -0.507 e. The van der Waals surface area contributed by atoms with Crippen molar-refractivity contribution >= 4 is 17.7 Å². The second-order valence-electron chi connectivity index (χ2n) is 3.92. The molecule has 0 aliphatic heterocycles. The van der Waals surface area contributed by atoms with E-state index in [1.54, 1.807) is 6.92 Å². The molecule has 1 aromatic carbocycles. The van der Waals surface area contributed by atoms with Crippen LogP contribution in [0.5, 0.6) is 5.75 Å². The lowest BCUT2D eigenvalue weighted by molar-refractivity contribution is 0.0693. The lowest BCUT2D eigenvalue weighted by atomic mass is 10.2. The molecular formula is C12H16N2O5. The summed E-state index contributed by atoms with van der Waals surface area (Å²) in [7, 11) is 1.53. The number of hydrogen-bond donors (Lipinski definition) is 4. The Kier molecular flexibility index (Phi) is 5.13. The van der Waals surface area contributed by atoms with Crippen LogP contribution in [-0.2, 0) is 4.74 Å². The molecule has 1 rings (SSSR count). The summed E-state index contributed by atoms with van der Waals surface area (Å²) >= 11 is 0. The molecule has 19 heavy (non-hydrogen) atoms. The van der Waals surface area contributed by atoms with E-state index in [4.69, 9.17) is 9.84 Å². The van der Waals surface area contributed by atoms with E-state index in [0.29, 0.717) is 6.54 Å². The Hall–Kier alpha value is -2.28. The summed E-state index contributed by atoms with van der Waals surface area (Å²) in [6.45, 7) is 2.12. The third kappa shape index (κ3) is 4.47. The van der Waals surface area contributed by atoms with Gasteiger partial charge in [0.15, 0.2) is 0 Å². The number of ether oxygens (including phenoxy) is 1. The van der Waals surface area contributed by atoms with Crippen LogP contribution in [0.15, 0.2) is 18.2 Å². The van der Waals surface area contributed by atoms with Gasteiger partial charge >= 0.3 is 12.0 Å². The van der Waals surface area contributed by atoms with Crippen molar-refractivity contribution in [3.8, 4) is 5.75 Å². The number of carbonyl (C=O) groups is 2. The van der Waals surface area contributed by atoms with E-state index >= 15 is 0 Å². The molecule has 1 unspecified atom stereocenters. The van der Waals surface area contributed by atoms with Crippen LogP contribution in [0.25, 0.3) is 0 Å². The summed E-state index contributed by atoms with van der Waals surface area (Å²) in [6.07, 6.45) is -0.125. The van der Waals surface area contributed by atoms with Crippen LogP contribution in [-0.4, -0.2) is 42.0 Å². The van der Waals surface area contributed by atoms with Crippen LogP contribution in [0.4, 0.5) is 10.5 Å². The summed E-state index contributed by atoms with van der Waals surface area (Å²) in [5.41, 5.74) is 0.000768. The maximum Gasteiger partial charge on any atom is 0.339 e. The molecule has 1 aromatic rings. The summed E-state index contributed by atoms with van der Waals surface area (Å²) in [6, 6.07) is 3.31. The average Bonchev–Trinajstić information content (AvgIpc) is 2.37. The summed E-state index contributed by atoms with van der Waals surface area (Å²) in [5.74, 6) is -1.62. The fraction of sp³-hybridized carbons (Fsp3) is 0.333. The van der Waals surface area contributed by atoms with Crippen molar-refractivity contribution in [2.75, 3.05) is 19.0 Å². The molecule has 0 spiro atoms. The number of aromatic carboxylic acids is 1. The average molecular weight is 268 g/mol. The van der Waals surface area contributed by atoms with Gasteiger partial charge in [0.1, 0.15) is 11.3 Å². The SMILES string of the molecule is COC(C)CNC(=O)Nc1ccc(O)c(C(=O)O)c1. The number of carboxylic acid groups (broad SMARTS) is 1. The minimum atomic E-state index is -1.27. The van der Waals surface area contributed by atoms with Crippen LogP contribution in [0.1, 0.15) is 17.3 Å². The van der Waals surface area contributed by atoms with E-state index in [0.717, 1.165) is 0 Å². The van der Waals surface area contributed by atoms with E-state index in [1.165, 1.54) is 25.3 Å². The van der Waals surface area contributed by atoms with Crippen molar-refractivity contribution in [1.82, 2.24) is 5.32 Å². The second kappa shape index (κ2) is 6.60. The van der Waals surface area contributed by atoms with Gasteiger partial charge in [-0.2, -0.15) is 0 Å². The molecule has 0 saturated carbocycles. The van der Waals surface area contributed by atoms with Gasteiger partial charge in [-0.15, -0.1) is 0 Å². The van der Waals surface area contributed by atoms with Crippen LogP contribution in [0.2, 0.25) is 0 Å². The van der Waals surface area contributed by atoms with Gasteiger partial charge in [-0.05, 0) is 25.1 Å². The predicted octanol–water partition coefficient (Wildman–Crippen LogP) is 1.25. The molecule has 4 N–H and O–H groups in total. The fourth-order valence-electron chi connectivity index (χ4n) is 1.28. The first-order valence-electron chi connectivity index (χ1n) is 5.58. The van der Waals surface area contributed by atoms with Crippen LogP contribution < -0.4 is 10.6 Å². The first-order valence-corrected chi connectivity index (χ1v) is 5.58. The van der Waals surface area contributed by atoms with E-state index in [1.807, 2.05) is 0 Å². The molecule has 0 aromatic heterocycles. The maximum atomic E-state index is 11.5. The summed E-state index contributed by atoms with van der Waals surface area (Å²) in [4.78, 5) is 22.3. The fourth-order valence-corrected chi connectivity index (χ4v) is 1.28. The van der Waals surface area contributed by atoms with Gasteiger partial charge < -0.3 is 25.6 Å². The van der Waals surface area contributed by atoms with Crippen molar-refractivity contribution in [3.05, 3.63) is 23.8 Å². The predicted molar refractivity (Wildman–Crippen MR) is 68.6 cm³/mol. The maximum absolute atomic E-state index is 11.5. The smallest absolute Gasteiger partial charge is 0.339 e. The first-order chi connectivity index (χ1) is 8.93. The Labute approximate surface area is 110 Å². The molecule has 7 nitrogen and oxygen atoms in total. The zero-order chi connectivity index (χ0) is 14.4. The minimum absolute atomic E-state index is 0.125. The molecule has 0 fully saturated rings. The van der Waals surface area contributed by atoms with E-state index in [9.17, 15) is 14.7 Å². The molecule has 0 saturated heterocycles. The molecular weight excluding hydrogens is 252 g/mol. The van der Waals surface area contributed by atoms with Gasteiger partial charge in [-0.25, -0.2) is 9.59 Å². The number of rotatable bonds is 5.